The minimum absolute atomic E-state index is 0.0969. The van der Waals surface area contributed by atoms with Crippen LogP contribution in [0.25, 0.3) is 0 Å². The van der Waals surface area contributed by atoms with Gasteiger partial charge in [0.05, 0.1) is 9.82 Å². The maximum atomic E-state index is 11.8. The van der Waals surface area contributed by atoms with Crippen LogP contribution >= 0.6 is 0 Å². The number of sulfonamides is 1. The molecular weight excluding hydrogens is 294 g/mol. The van der Waals surface area contributed by atoms with Gasteiger partial charge >= 0.3 is 0 Å². The molecule has 21 heavy (non-hydrogen) atoms. The van der Waals surface area contributed by atoms with Crippen LogP contribution in [0.2, 0.25) is 0 Å². The number of benzene rings is 1. The maximum absolute atomic E-state index is 11.8. The van der Waals surface area contributed by atoms with E-state index in [0.717, 1.165) is 19.0 Å². The van der Waals surface area contributed by atoms with Crippen LogP contribution in [0.1, 0.15) is 20.3 Å². The van der Waals surface area contributed by atoms with Crippen molar-refractivity contribution in [1.29, 1.82) is 0 Å². The van der Waals surface area contributed by atoms with Crippen molar-refractivity contribution in [2.75, 3.05) is 18.5 Å². The largest absolute Gasteiger partial charge is 0.363 e. The second-order valence-corrected chi connectivity index (χ2v) is 7.20. The maximum Gasteiger partial charge on any atom is 0.293 e. The molecule has 2 rings (SSSR count). The average molecular weight is 313 g/mol. The molecule has 1 heterocycles. The van der Waals surface area contributed by atoms with E-state index in [9.17, 15) is 18.5 Å². The number of nitrogens with zero attached hydrogens (tertiary/aromatic N) is 2. The Hall–Kier alpha value is -1.67. The summed E-state index contributed by atoms with van der Waals surface area (Å²) >= 11 is 0. The highest BCUT2D eigenvalue weighted by atomic mass is 32.2. The number of nitro benzene ring substituents is 1. The first-order valence-corrected chi connectivity index (χ1v) is 8.25. The first-order chi connectivity index (χ1) is 9.77. The zero-order chi connectivity index (χ0) is 15.8. The zero-order valence-corrected chi connectivity index (χ0v) is 13.1. The molecule has 1 aromatic carbocycles. The lowest BCUT2D eigenvalue weighted by atomic mass is 10.0. The van der Waals surface area contributed by atoms with Gasteiger partial charge in [0, 0.05) is 18.7 Å². The van der Waals surface area contributed by atoms with E-state index < -0.39 is 14.9 Å². The van der Waals surface area contributed by atoms with Crippen LogP contribution in [0.5, 0.6) is 0 Å². The molecular formula is C13H19N3O4S. The summed E-state index contributed by atoms with van der Waals surface area (Å²) in [7, 11) is -2.41. The van der Waals surface area contributed by atoms with E-state index in [0.29, 0.717) is 11.6 Å². The van der Waals surface area contributed by atoms with Gasteiger partial charge in [-0.25, -0.2) is 13.1 Å². The van der Waals surface area contributed by atoms with Gasteiger partial charge in [-0.2, -0.15) is 0 Å². The van der Waals surface area contributed by atoms with Crippen molar-refractivity contribution in [3.8, 4) is 0 Å². The van der Waals surface area contributed by atoms with Crippen molar-refractivity contribution in [2.24, 2.45) is 5.92 Å². The van der Waals surface area contributed by atoms with Crippen molar-refractivity contribution in [3.05, 3.63) is 28.3 Å². The molecule has 0 aliphatic carbocycles. The Morgan fingerprint density at radius 3 is 2.52 bits per heavy atom. The molecule has 1 aliphatic rings. The van der Waals surface area contributed by atoms with Crippen LogP contribution in [0, 0.1) is 16.0 Å². The van der Waals surface area contributed by atoms with Crippen LogP contribution < -0.4 is 9.62 Å². The zero-order valence-electron chi connectivity index (χ0n) is 12.2. The summed E-state index contributed by atoms with van der Waals surface area (Å²) in [5, 5.41) is 11.3. The molecule has 1 aromatic rings. The predicted molar refractivity (Wildman–Crippen MR) is 79.9 cm³/mol. The monoisotopic (exact) mass is 313 g/mol. The van der Waals surface area contributed by atoms with Gasteiger partial charge in [-0.3, -0.25) is 10.1 Å². The van der Waals surface area contributed by atoms with Crippen LogP contribution in [-0.4, -0.2) is 33.0 Å². The number of rotatable bonds is 4. The van der Waals surface area contributed by atoms with Crippen LogP contribution in [0.15, 0.2) is 23.1 Å². The highest BCUT2D eigenvalue weighted by molar-refractivity contribution is 7.89. The summed E-state index contributed by atoms with van der Waals surface area (Å²) in [6.45, 7) is 4.87. The number of nitro groups is 1. The van der Waals surface area contributed by atoms with Crippen molar-refractivity contribution >= 4 is 21.4 Å². The molecule has 1 N–H and O–H groups in total. The smallest absolute Gasteiger partial charge is 0.293 e. The van der Waals surface area contributed by atoms with Gasteiger partial charge < -0.3 is 4.90 Å². The van der Waals surface area contributed by atoms with E-state index in [1.807, 2.05) is 11.8 Å². The van der Waals surface area contributed by atoms with Crippen molar-refractivity contribution in [2.45, 2.75) is 31.2 Å². The summed E-state index contributed by atoms with van der Waals surface area (Å²) in [4.78, 5) is 12.6. The van der Waals surface area contributed by atoms with E-state index in [4.69, 9.17) is 0 Å². The molecule has 2 atom stereocenters. The third-order valence-corrected chi connectivity index (χ3v) is 5.58. The molecule has 8 heteroatoms. The Balaban J connectivity index is 2.51. The Kier molecular flexibility index (Phi) is 4.20. The van der Waals surface area contributed by atoms with Gasteiger partial charge in [-0.15, -0.1) is 0 Å². The second-order valence-electron chi connectivity index (χ2n) is 5.32. The van der Waals surface area contributed by atoms with Crippen molar-refractivity contribution in [1.82, 2.24) is 4.72 Å². The van der Waals surface area contributed by atoms with Crippen molar-refractivity contribution < 1.29 is 13.3 Å². The van der Waals surface area contributed by atoms with Crippen LogP contribution in [0.3, 0.4) is 0 Å². The van der Waals surface area contributed by atoms with Gasteiger partial charge in [0.2, 0.25) is 10.0 Å². The van der Waals surface area contributed by atoms with E-state index >= 15 is 0 Å². The number of nitrogens with one attached hydrogen (secondary N) is 1. The molecule has 1 aliphatic heterocycles. The molecule has 0 saturated carbocycles. The molecule has 1 saturated heterocycles. The fourth-order valence-corrected chi connectivity index (χ4v) is 3.36. The normalized spacial score (nSPS) is 22.5. The summed E-state index contributed by atoms with van der Waals surface area (Å²) in [5.41, 5.74) is 0.305. The lowest BCUT2D eigenvalue weighted by Crippen LogP contribution is -2.29. The first kappa shape index (κ1) is 15.7. The van der Waals surface area contributed by atoms with Gasteiger partial charge in [-0.1, -0.05) is 6.92 Å². The molecule has 2 unspecified atom stereocenters. The van der Waals surface area contributed by atoms with Gasteiger partial charge in [-0.05, 0) is 38.4 Å². The number of anilines is 1. The van der Waals surface area contributed by atoms with Gasteiger partial charge in [0.1, 0.15) is 5.69 Å². The van der Waals surface area contributed by atoms with E-state index in [1.165, 1.54) is 19.2 Å². The topological polar surface area (TPSA) is 92.6 Å². The summed E-state index contributed by atoms with van der Waals surface area (Å²) in [6, 6.07) is 4.24. The predicted octanol–water partition coefficient (Wildman–Crippen LogP) is 1.74. The third kappa shape index (κ3) is 2.86. The Labute approximate surface area is 124 Å². The molecule has 0 bridgehead atoms. The first-order valence-electron chi connectivity index (χ1n) is 6.76. The quantitative estimate of drug-likeness (QED) is 0.675. The van der Waals surface area contributed by atoms with Crippen LogP contribution in [-0.2, 0) is 10.0 Å². The van der Waals surface area contributed by atoms with Gasteiger partial charge in [0.15, 0.2) is 0 Å². The van der Waals surface area contributed by atoms with Crippen molar-refractivity contribution in [3.63, 3.8) is 0 Å². The number of hydrogen-bond acceptors (Lipinski definition) is 5. The Bertz CT molecular complexity index is 659. The van der Waals surface area contributed by atoms with E-state index in [2.05, 4.69) is 11.6 Å². The van der Waals surface area contributed by atoms with E-state index in [1.54, 1.807) is 0 Å². The summed E-state index contributed by atoms with van der Waals surface area (Å²) < 4.78 is 25.7. The molecule has 1 fully saturated rings. The molecule has 7 nitrogen and oxygen atoms in total. The molecule has 0 radical (unpaired) electrons. The lowest BCUT2D eigenvalue weighted by molar-refractivity contribution is -0.384. The SMILES string of the molecule is CNS(=O)(=O)c1ccc(N2CCC(C)C2C)c([N+](=O)[O-])c1. The standard InChI is InChI=1S/C13H19N3O4S/c1-9-6-7-15(10(9)2)12-5-4-11(21(19,20)14-3)8-13(12)16(17)18/h4-5,8-10,14H,6-7H2,1-3H3. The van der Waals surface area contributed by atoms with Gasteiger partial charge in [0.25, 0.3) is 5.69 Å². The number of hydrogen-bond donors (Lipinski definition) is 1. The second kappa shape index (κ2) is 5.61. The van der Waals surface area contributed by atoms with Crippen LogP contribution in [0.4, 0.5) is 11.4 Å². The van der Waals surface area contributed by atoms with E-state index in [-0.39, 0.29) is 16.6 Å². The summed E-state index contributed by atoms with van der Waals surface area (Å²) in [6.07, 6.45) is 0.967. The minimum Gasteiger partial charge on any atom is -0.363 e. The molecule has 0 amide bonds. The fourth-order valence-electron chi connectivity index (χ4n) is 2.61. The lowest BCUT2D eigenvalue weighted by Gasteiger charge is -2.25. The molecule has 0 spiro atoms. The third-order valence-electron chi connectivity index (χ3n) is 4.17. The highest BCUT2D eigenvalue weighted by Crippen LogP contribution is 2.36. The Morgan fingerprint density at radius 2 is 2.05 bits per heavy atom. The molecule has 0 aromatic heterocycles. The Morgan fingerprint density at radius 1 is 1.38 bits per heavy atom. The summed E-state index contributed by atoms with van der Waals surface area (Å²) in [5.74, 6) is 0.449. The minimum atomic E-state index is -3.69. The molecule has 116 valence electrons. The highest BCUT2D eigenvalue weighted by Gasteiger charge is 2.32. The average Bonchev–Trinajstić information content (AvgIpc) is 2.78. The fraction of sp³-hybridized carbons (Fsp3) is 0.538.